The maximum Gasteiger partial charge on any atom is 0.148 e. The molecule has 1 heterocycles. The van der Waals surface area contributed by atoms with E-state index in [1.807, 2.05) is 56.3 Å². The fourth-order valence-electron chi connectivity index (χ4n) is 1.99. The van der Waals surface area contributed by atoms with Crippen LogP contribution in [-0.4, -0.2) is 19.1 Å². The summed E-state index contributed by atoms with van der Waals surface area (Å²) in [5, 5.41) is 0.450. The highest BCUT2D eigenvalue weighted by Gasteiger charge is 2.12. The maximum absolute atomic E-state index is 6.00. The number of aryl methyl sites for hydroxylation is 1. The third-order valence-corrected chi connectivity index (χ3v) is 2.98. The fraction of sp³-hybridized carbons (Fsp3) is 0.267. The summed E-state index contributed by atoms with van der Waals surface area (Å²) in [6.45, 7) is 2.44. The van der Waals surface area contributed by atoms with E-state index in [2.05, 4.69) is 4.98 Å². The lowest BCUT2D eigenvalue weighted by molar-refractivity contribution is 0.306. The molecule has 0 radical (unpaired) electrons. The predicted molar refractivity (Wildman–Crippen MR) is 86.3 cm³/mol. The molecule has 3 nitrogen and oxygen atoms in total. The highest BCUT2D eigenvalue weighted by molar-refractivity contribution is 6.29. The zero-order valence-corrected chi connectivity index (χ0v) is 13.3. The van der Waals surface area contributed by atoms with Crippen LogP contribution in [-0.2, 0) is 6.61 Å². The van der Waals surface area contributed by atoms with Gasteiger partial charge in [-0.2, -0.15) is 0 Å². The molecule has 2 aromatic rings. The van der Waals surface area contributed by atoms with Crippen LogP contribution >= 0.6 is 24.0 Å². The SMILES string of the molecule is Cc1nc(Cl)cc(OCc2ccccc2)c1N(C)C.Cl. The average Bonchev–Trinajstić information content (AvgIpc) is 2.36. The lowest BCUT2D eigenvalue weighted by Crippen LogP contribution is -2.13. The minimum Gasteiger partial charge on any atom is -0.487 e. The van der Waals surface area contributed by atoms with Crippen LogP contribution in [0.25, 0.3) is 0 Å². The molecule has 0 unspecified atom stereocenters. The van der Waals surface area contributed by atoms with Crippen molar-refractivity contribution in [1.82, 2.24) is 4.98 Å². The third-order valence-electron chi connectivity index (χ3n) is 2.79. The molecular weight excluding hydrogens is 295 g/mol. The number of nitrogens with zero attached hydrogens (tertiary/aromatic N) is 2. The first-order valence-corrected chi connectivity index (χ1v) is 6.47. The summed E-state index contributed by atoms with van der Waals surface area (Å²) >= 11 is 6.00. The number of hydrogen-bond donors (Lipinski definition) is 0. The summed E-state index contributed by atoms with van der Waals surface area (Å²) in [5.41, 5.74) is 2.94. The first-order valence-electron chi connectivity index (χ1n) is 6.09. The van der Waals surface area contributed by atoms with Crippen LogP contribution in [0.5, 0.6) is 5.75 Å². The Hall–Kier alpha value is -1.45. The van der Waals surface area contributed by atoms with E-state index in [0.717, 1.165) is 22.7 Å². The average molecular weight is 313 g/mol. The van der Waals surface area contributed by atoms with E-state index in [1.54, 1.807) is 6.07 Å². The quantitative estimate of drug-likeness (QED) is 0.794. The molecule has 0 N–H and O–H groups in total. The van der Waals surface area contributed by atoms with Gasteiger partial charge in [0.2, 0.25) is 0 Å². The lowest BCUT2D eigenvalue weighted by atomic mass is 10.2. The monoisotopic (exact) mass is 312 g/mol. The van der Waals surface area contributed by atoms with Crippen molar-refractivity contribution in [3.63, 3.8) is 0 Å². The van der Waals surface area contributed by atoms with Crippen LogP contribution in [0.2, 0.25) is 5.15 Å². The number of aromatic nitrogens is 1. The highest BCUT2D eigenvalue weighted by atomic mass is 35.5. The molecule has 108 valence electrons. The summed E-state index contributed by atoms with van der Waals surface area (Å²) in [6, 6.07) is 11.8. The number of benzene rings is 1. The van der Waals surface area contributed by atoms with Crippen molar-refractivity contribution in [2.45, 2.75) is 13.5 Å². The smallest absolute Gasteiger partial charge is 0.148 e. The van der Waals surface area contributed by atoms with Crippen molar-refractivity contribution in [3.05, 3.63) is 52.8 Å². The van der Waals surface area contributed by atoms with Crippen LogP contribution < -0.4 is 9.64 Å². The van der Waals surface area contributed by atoms with Gasteiger partial charge in [0, 0.05) is 20.2 Å². The van der Waals surface area contributed by atoms with Gasteiger partial charge in [-0.3, -0.25) is 0 Å². The van der Waals surface area contributed by atoms with E-state index in [4.69, 9.17) is 16.3 Å². The van der Waals surface area contributed by atoms with Crippen LogP contribution in [0.1, 0.15) is 11.3 Å². The van der Waals surface area contributed by atoms with E-state index in [-0.39, 0.29) is 12.4 Å². The minimum absolute atomic E-state index is 0. The van der Waals surface area contributed by atoms with Gasteiger partial charge in [-0.1, -0.05) is 41.9 Å². The van der Waals surface area contributed by atoms with Crippen LogP contribution in [0.3, 0.4) is 0 Å². The van der Waals surface area contributed by atoms with E-state index < -0.39 is 0 Å². The zero-order valence-electron chi connectivity index (χ0n) is 11.8. The molecule has 0 fully saturated rings. The standard InChI is InChI=1S/C15H17ClN2O.ClH/c1-11-15(18(2)3)13(9-14(16)17-11)19-10-12-7-5-4-6-8-12;/h4-9H,10H2,1-3H3;1H. The first kappa shape index (κ1) is 16.6. The second-order valence-electron chi connectivity index (χ2n) is 4.55. The van der Waals surface area contributed by atoms with Crippen LogP contribution in [0.15, 0.2) is 36.4 Å². The van der Waals surface area contributed by atoms with Gasteiger partial charge < -0.3 is 9.64 Å². The van der Waals surface area contributed by atoms with Crippen LogP contribution in [0, 0.1) is 6.92 Å². The number of rotatable bonds is 4. The molecular formula is C15H18Cl2N2O. The van der Waals surface area contributed by atoms with Gasteiger partial charge in [0.25, 0.3) is 0 Å². The summed E-state index contributed by atoms with van der Waals surface area (Å²) in [5.74, 6) is 0.756. The molecule has 0 saturated carbocycles. The molecule has 20 heavy (non-hydrogen) atoms. The molecule has 1 aromatic heterocycles. The Bertz CT molecular complexity index is 559. The van der Waals surface area contributed by atoms with Crippen molar-refractivity contribution in [2.24, 2.45) is 0 Å². The molecule has 2 rings (SSSR count). The minimum atomic E-state index is 0. The number of hydrogen-bond acceptors (Lipinski definition) is 3. The van der Waals surface area contributed by atoms with Gasteiger partial charge in [-0.25, -0.2) is 4.98 Å². The molecule has 0 aliphatic rings. The largest absolute Gasteiger partial charge is 0.487 e. The number of halogens is 2. The molecule has 0 amide bonds. The van der Waals surface area contributed by atoms with Crippen molar-refractivity contribution in [1.29, 1.82) is 0 Å². The summed E-state index contributed by atoms with van der Waals surface area (Å²) in [4.78, 5) is 6.24. The predicted octanol–water partition coefficient (Wildman–Crippen LogP) is 4.11. The zero-order chi connectivity index (χ0) is 13.8. The molecule has 0 aliphatic carbocycles. The van der Waals surface area contributed by atoms with Gasteiger partial charge in [0.1, 0.15) is 23.2 Å². The van der Waals surface area contributed by atoms with Crippen molar-refractivity contribution < 1.29 is 4.74 Å². The van der Waals surface area contributed by atoms with Gasteiger partial charge in [-0.15, -0.1) is 12.4 Å². The Balaban J connectivity index is 0.00000200. The Morgan fingerprint density at radius 1 is 1.20 bits per heavy atom. The number of anilines is 1. The molecule has 1 aromatic carbocycles. The van der Waals surface area contributed by atoms with Gasteiger partial charge in [0.15, 0.2) is 0 Å². The third kappa shape index (κ3) is 4.02. The Morgan fingerprint density at radius 2 is 1.85 bits per heavy atom. The van der Waals surface area contributed by atoms with Gasteiger partial charge >= 0.3 is 0 Å². The van der Waals surface area contributed by atoms with Crippen molar-refractivity contribution in [2.75, 3.05) is 19.0 Å². The molecule has 0 atom stereocenters. The molecule has 0 spiro atoms. The van der Waals surface area contributed by atoms with E-state index >= 15 is 0 Å². The van der Waals surface area contributed by atoms with E-state index in [1.165, 1.54) is 0 Å². The normalized spacial score (nSPS) is 9.80. The molecule has 0 bridgehead atoms. The topological polar surface area (TPSA) is 25.4 Å². The number of ether oxygens (including phenoxy) is 1. The fourth-order valence-corrected chi connectivity index (χ4v) is 2.22. The summed E-state index contributed by atoms with van der Waals surface area (Å²) in [6.07, 6.45) is 0. The van der Waals surface area contributed by atoms with Crippen molar-refractivity contribution >= 4 is 29.7 Å². The second kappa shape index (κ2) is 7.36. The Morgan fingerprint density at radius 3 is 2.45 bits per heavy atom. The second-order valence-corrected chi connectivity index (χ2v) is 4.93. The molecule has 0 aliphatic heterocycles. The van der Waals surface area contributed by atoms with Gasteiger partial charge in [0.05, 0.1) is 5.69 Å². The van der Waals surface area contributed by atoms with Crippen LogP contribution in [0.4, 0.5) is 5.69 Å². The maximum atomic E-state index is 6.00. The Kier molecular flexibility index (Phi) is 6.11. The number of pyridine rings is 1. The first-order chi connectivity index (χ1) is 9.08. The lowest BCUT2D eigenvalue weighted by Gasteiger charge is -2.20. The van der Waals surface area contributed by atoms with E-state index in [9.17, 15) is 0 Å². The van der Waals surface area contributed by atoms with E-state index in [0.29, 0.717) is 11.8 Å². The van der Waals surface area contributed by atoms with Crippen molar-refractivity contribution in [3.8, 4) is 5.75 Å². The molecule has 0 saturated heterocycles. The van der Waals surface area contributed by atoms with Gasteiger partial charge in [-0.05, 0) is 12.5 Å². The summed E-state index contributed by atoms with van der Waals surface area (Å²) < 4.78 is 5.88. The summed E-state index contributed by atoms with van der Waals surface area (Å²) in [7, 11) is 3.93. The Labute approximate surface area is 130 Å². The highest BCUT2D eigenvalue weighted by Crippen LogP contribution is 2.32. The molecule has 5 heteroatoms.